The van der Waals surface area contributed by atoms with Crippen molar-refractivity contribution < 1.29 is 4.79 Å². The van der Waals surface area contributed by atoms with Gasteiger partial charge in [-0.25, -0.2) is 0 Å². The molecule has 1 aromatic rings. The van der Waals surface area contributed by atoms with Gasteiger partial charge in [-0.1, -0.05) is 30.3 Å². The molecule has 90 valence electrons. The van der Waals surface area contributed by atoms with Crippen molar-refractivity contribution in [2.24, 2.45) is 0 Å². The third kappa shape index (κ3) is 2.07. The van der Waals surface area contributed by atoms with E-state index in [1.54, 1.807) is 0 Å². The van der Waals surface area contributed by atoms with Crippen LogP contribution in [0.3, 0.4) is 0 Å². The molecule has 3 heteroatoms. The first-order chi connectivity index (χ1) is 8.34. The summed E-state index contributed by atoms with van der Waals surface area (Å²) in [7, 11) is 0. The van der Waals surface area contributed by atoms with Crippen molar-refractivity contribution in [1.82, 2.24) is 10.2 Å². The quantitative estimate of drug-likeness (QED) is 0.836. The van der Waals surface area contributed by atoms with Gasteiger partial charge in [-0.15, -0.1) is 0 Å². The zero-order valence-electron chi connectivity index (χ0n) is 9.93. The summed E-state index contributed by atoms with van der Waals surface area (Å²) in [6.07, 6.45) is 3.41. The molecular weight excluding hydrogens is 212 g/mol. The van der Waals surface area contributed by atoms with Crippen LogP contribution in [0.15, 0.2) is 30.3 Å². The van der Waals surface area contributed by atoms with E-state index in [-0.39, 0.29) is 11.9 Å². The Bertz CT molecular complexity index is 404. The third-order valence-electron chi connectivity index (χ3n) is 3.91. The zero-order chi connectivity index (χ0) is 11.7. The number of hydrogen-bond donors (Lipinski definition) is 1. The van der Waals surface area contributed by atoms with E-state index in [2.05, 4.69) is 34.5 Å². The van der Waals surface area contributed by atoms with Crippen molar-refractivity contribution in [3.63, 3.8) is 0 Å². The van der Waals surface area contributed by atoms with Crippen molar-refractivity contribution in [1.29, 1.82) is 0 Å². The Labute approximate surface area is 102 Å². The summed E-state index contributed by atoms with van der Waals surface area (Å²) in [5.41, 5.74) is 1.30. The van der Waals surface area contributed by atoms with Crippen LogP contribution >= 0.6 is 0 Å². The number of fused-ring (bicyclic) bond motifs is 2. The van der Waals surface area contributed by atoms with Crippen molar-refractivity contribution in [3.05, 3.63) is 35.9 Å². The van der Waals surface area contributed by atoms with Gasteiger partial charge < -0.3 is 5.32 Å². The Morgan fingerprint density at radius 3 is 2.88 bits per heavy atom. The SMILES string of the molecule is O=C1NCC2CCCC1N2Cc1ccccc1. The number of carbonyl (C=O) groups is 1. The highest BCUT2D eigenvalue weighted by Gasteiger charge is 2.38. The second-order valence-corrected chi connectivity index (χ2v) is 5.00. The largest absolute Gasteiger partial charge is 0.353 e. The summed E-state index contributed by atoms with van der Waals surface area (Å²) < 4.78 is 0. The normalized spacial score (nSPS) is 28.8. The summed E-state index contributed by atoms with van der Waals surface area (Å²) in [4.78, 5) is 14.2. The number of piperidine rings is 1. The lowest BCUT2D eigenvalue weighted by molar-refractivity contribution is -0.134. The van der Waals surface area contributed by atoms with E-state index in [1.807, 2.05) is 6.07 Å². The molecular formula is C14H18N2O. The van der Waals surface area contributed by atoms with Crippen LogP contribution in [0.2, 0.25) is 0 Å². The first kappa shape index (κ1) is 10.8. The van der Waals surface area contributed by atoms with Crippen LogP contribution < -0.4 is 5.32 Å². The van der Waals surface area contributed by atoms with Gasteiger partial charge >= 0.3 is 0 Å². The minimum Gasteiger partial charge on any atom is -0.353 e. The molecule has 0 aliphatic carbocycles. The number of carbonyl (C=O) groups excluding carboxylic acids is 1. The van der Waals surface area contributed by atoms with Crippen molar-refractivity contribution in [2.75, 3.05) is 6.54 Å². The predicted octanol–water partition coefficient (Wildman–Crippen LogP) is 1.54. The monoisotopic (exact) mass is 230 g/mol. The van der Waals surface area contributed by atoms with E-state index in [0.717, 1.165) is 19.5 Å². The average molecular weight is 230 g/mol. The van der Waals surface area contributed by atoms with Crippen molar-refractivity contribution >= 4 is 5.91 Å². The summed E-state index contributed by atoms with van der Waals surface area (Å²) in [5.74, 6) is 0.219. The van der Waals surface area contributed by atoms with Crippen LogP contribution in [0.1, 0.15) is 24.8 Å². The van der Waals surface area contributed by atoms with Gasteiger partial charge in [0, 0.05) is 19.1 Å². The van der Waals surface area contributed by atoms with Crippen molar-refractivity contribution in [3.8, 4) is 0 Å². The molecule has 2 aliphatic heterocycles. The maximum absolute atomic E-state index is 11.9. The van der Waals surface area contributed by atoms with Crippen LogP contribution in [-0.4, -0.2) is 29.4 Å². The van der Waals surface area contributed by atoms with E-state index < -0.39 is 0 Å². The van der Waals surface area contributed by atoms with Crippen LogP contribution in [0.4, 0.5) is 0 Å². The molecule has 2 aliphatic rings. The van der Waals surface area contributed by atoms with Crippen LogP contribution in [0.25, 0.3) is 0 Å². The molecule has 2 bridgehead atoms. The minimum absolute atomic E-state index is 0.0997. The molecule has 1 aromatic carbocycles. The Hall–Kier alpha value is -1.35. The first-order valence-electron chi connectivity index (χ1n) is 6.42. The smallest absolute Gasteiger partial charge is 0.237 e. The molecule has 1 N–H and O–H groups in total. The molecule has 2 saturated heterocycles. The third-order valence-corrected chi connectivity index (χ3v) is 3.91. The van der Waals surface area contributed by atoms with Gasteiger partial charge in [0.05, 0.1) is 6.04 Å². The summed E-state index contributed by atoms with van der Waals surface area (Å²) in [6.45, 7) is 1.73. The van der Waals surface area contributed by atoms with Gasteiger partial charge in [0.25, 0.3) is 0 Å². The second kappa shape index (κ2) is 4.49. The van der Waals surface area contributed by atoms with Gasteiger partial charge in [0.2, 0.25) is 5.91 Å². The van der Waals surface area contributed by atoms with Gasteiger partial charge in [-0.3, -0.25) is 9.69 Å². The van der Waals surface area contributed by atoms with Gasteiger partial charge in [0.1, 0.15) is 0 Å². The lowest BCUT2D eigenvalue weighted by Gasteiger charge is -2.45. The zero-order valence-corrected chi connectivity index (χ0v) is 9.93. The molecule has 0 spiro atoms. The maximum Gasteiger partial charge on any atom is 0.237 e. The number of nitrogens with one attached hydrogen (secondary N) is 1. The number of piperazine rings is 1. The summed E-state index contributed by atoms with van der Waals surface area (Å²) in [6, 6.07) is 11.1. The molecule has 0 radical (unpaired) electrons. The second-order valence-electron chi connectivity index (χ2n) is 5.00. The van der Waals surface area contributed by atoms with E-state index in [1.165, 1.54) is 18.4 Å². The Balaban J connectivity index is 1.79. The number of benzene rings is 1. The molecule has 2 fully saturated rings. The van der Waals surface area contributed by atoms with Crippen LogP contribution in [0, 0.1) is 0 Å². The highest BCUT2D eigenvalue weighted by molar-refractivity contribution is 5.82. The number of nitrogens with zero attached hydrogens (tertiary/aromatic N) is 1. The molecule has 17 heavy (non-hydrogen) atoms. The first-order valence-corrected chi connectivity index (χ1v) is 6.42. The fourth-order valence-electron chi connectivity index (χ4n) is 3.00. The van der Waals surface area contributed by atoms with Gasteiger partial charge in [-0.05, 0) is 24.8 Å². The molecule has 2 atom stereocenters. The number of amides is 1. The lowest BCUT2D eigenvalue weighted by atomic mass is 9.91. The Morgan fingerprint density at radius 1 is 1.24 bits per heavy atom. The van der Waals surface area contributed by atoms with Crippen molar-refractivity contribution in [2.45, 2.75) is 37.9 Å². The van der Waals surface area contributed by atoms with Gasteiger partial charge in [0.15, 0.2) is 0 Å². The Kier molecular flexibility index (Phi) is 2.85. The molecule has 2 unspecified atom stereocenters. The van der Waals surface area contributed by atoms with E-state index in [4.69, 9.17) is 0 Å². The molecule has 0 aromatic heterocycles. The van der Waals surface area contributed by atoms with E-state index in [9.17, 15) is 4.79 Å². The predicted molar refractivity (Wildman–Crippen MR) is 66.4 cm³/mol. The molecule has 1 amide bonds. The van der Waals surface area contributed by atoms with Crippen LogP contribution in [-0.2, 0) is 11.3 Å². The highest BCUT2D eigenvalue weighted by atomic mass is 16.2. The van der Waals surface area contributed by atoms with Gasteiger partial charge in [-0.2, -0.15) is 0 Å². The summed E-state index contributed by atoms with van der Waals surface area (Å²) in [5, 5.41) is 3.02. The number of rotatable bonds is 2. The Morgan fingerprint density at radius 2 is 2.06 bits per heavy atom. The fourth-order valence-corrected chi connectivity index (χ4v) is 3.00. The lowest BCUT2D eigenvalue weighted by Crippen LogP contribution is -2.61. The number of hydrogen-bond acceptors (Lipinski definition) is 2. The maximum atomic E-state index is 11.9. The fraction of sp³-hybridized carbons (Fsp3) is 0.500. The van der Waals surface area contributed by atoms with E-state index in [0.29, 0.717) is 6.04 Å². The molecule has 3 nitrogen and oxygen atoms in total. The molecule has 3 rings (SSSR count). The molecule has 0 saturated carbocycles. The average Bonchev–Trinajstić information content (AvgIpc) is 2.36. The highest BCUT2D eigenvalue weighted by Crippen LogP contribution is 2.27. The molecule has 2 heterocycles. The van der Waals surface area contributed by atoms with Crippen LogP contribution in [0.5, 0.6) is 0 Å². The van der Waals surface area contributed by atoms with E-state index >= 15 is 0 Å². The summed E-state index contributed by atoms with van der Waals surface area (Å²) >= 11 is 0. The minimum atomic E-state index is 0.0997. The topological polar surface area (TPSA) is 32.3 Å². The standard InChI is InChI=1S/C14H18N2O/c17-14-13-8-4-7-12(9-15-14)16(13)10-11-5-2-1-3-6-11/h1-3,5-6,12-13H,4,7-10H2,(H,15,17).